The summed E-state index contributed by atoms with van der Waals surface area (Å²) < 4.78 is 2.18. The van der Waals surface area contributed by atoms with Gasteiger partial charge in [0.25, 0.3) is 0 Å². The lowest BCUT2D eigenvalue weighted by Crippen LogP contribution is -2.54. The zero-order valence-corrected chi connectivity index (χ0v) is 16.6. The third kappa shape index (κ3) is 3.85. The molecule has 2 aromatic carbocycles. The third-order valence-corrected chi connectivity index (χ3v) is 6.21. The fourth-order valence-corrected chi connectivity index (χ4v) is 4.52. The number of fused-ring (bicyclic) bond motifs is 2. The van der Waals surface area contributed by atoms with Crippen LogP contribution in [0.2, 0.25) is 0 Å². The molecule has 29 heavy (non-hydrogen) atoms. The van der Waals surface area contributed by atoms with Gasteiger partial charge in [0.2, 0.25) is 0 Å². The fraction of sp³-hybridized carbons (Fsp3) is 0.391. The molecule has 0 spiro atoms. The van der Waals surface area contributed by atoms with Gasteiger partial charge in [-0.3, -0.25) is 4.90 Å². The highest BCUT2D eigenvalue weighted by molar-refractivity contribution is 5.85. The number of nitrogens with one attached hydrogen (secondary N) is 1. The van der Waals surface area contributed by atoms with E-state index in [1.54, 1.807) is 0 Å². The van der Waals surface area contributed by atoms with Crippen LogP contribution in [0, 0.1) is 0 Å². The van der Waals surface area contributed by atoms with Crippen molar-refractivity contribution in [3.8, 4) is 0 Å². The van der Waals surface area contributed by atoms with Crippen LogP contribution in [-0.4, -0.2) is 57.6 Å². The molecule has 1 N–H and O–H groups in total. The summed E-state index contributed by atoms with van der Waals surface area (Å²) in [6.45, 7) is 5.23. The molecule has 6 nitrogen and oxygen atoms in total. The van der Waals surface area contributed by atoms with E-state index in [1.807, 2.05) is 17.3 Å². The average molecular weight is 390 g/mol. The number of nitrogens with zero attached hydrogens (tertiary/aromatic N) is 4. The maximum absolute atomic E-state index is 12.7. The molecule has 0 aliphatic carbocycles. The predicted molar refractivity (Wildman–Crippen MR) is 114 cm³/mol. The second kappa shape index (κ2) is 7.87. The summed E-state index contributed by atoms with van der Waals surface area (Å²) in [4.78, 5) is 21.5. The van der Waals surface area contributed by atoms with Crippen molar-refractivity contribution in [3.63, 3.8) is 0 Å². The Bertz CT molecular complexity index is 1000. The van der Waals surface area contributed by atoms with Crippen molar-refractivity contribution in [2.45, 2.75) is 32.0 Å². The van der Waals surface area contributed by atoms with Gasteiger partial charge in [0.15, 0.2) is 0 Å². The van der Waals surface area contributed by atoms with Gasteiger partial charge in [-0.1, -0.05) is 42.5 Å². The van der Waals surface area contributed by atoms with Gasteiger partial charge in [-0.25, -0.2) is 9.78 Å². The zero-order chi connectivity index (χ0) is 19.6. The zero-order valence-electron chi connectivity index (χ0n) is 16.6. The van der Waals surface area contributed by atoms with E-state index < -0.39 is 0 Å². The first kappa shape index (κ1) is 18.2. The van der Waals surface area contributed by atoms with Crippen molar-refractivity contribution in [2.75, 3.05) is 26.2 Å². The average Bonchev–Trinajstić information content (AvgIpc) is 3.22. The van der Waals surface area contributed by atoms with E-state index in [2.05, 4.69) is 62.2 Å². The smallest absolute Gasteiger partial charge is 0.317 e. The lowest BCUT2D eigenvalue weighted by Gasteiger charge is -2.36. The number of imidazole rings is 1. The second-order valence-corrected chi connectivity index (χ2v) is 8.08. The number of urea groups is 1. The SMILES string of the molecule is O=C(NC1CCn2ccnc2C1)N1CCN(Cc2cccc3ccccc23)CC1. The standard InChI is InChI=1S/C23H27N5O/c29-23(25-20-8-10-27-11-9-24-22(27)16-20)28-14-12-26(13-15-28)17-19-6-3-5-18-4-1-2-7-21(18)19/h1-7,9,11,20H,8,10,12-17H2,(H,25,29). The first-order valence-corrected chi connectivity index (χ1v) is 10.5. The van der Waals surface area contributed by atoms with E-state index >= 15 is 0 Å². The van der Waals surface area contributed by atoms with Crippen LogP contribution in [0.5, 0.6) is 0 Å². The van der Waals surface area contributed by atoms with Crippen LogP contribution < -0.4 is 5.32 Å². The molecule has 1 aromatic heterocycles. The molecule has 0 bridgehead atoms. The monoisotopic (exact) mass is 389 g/mol. The molecule has 2 aliphatic rings. The number of hydrogen-bond donors (Lipinski definition) is 1. The van der Waals surface area contributed by atoms with E-state index in [0.717, 1.165) is 57.9 Å². The maximum atomic E-state index is 12.7. The van der Waals surface area contributed by atoms with Crippen molar-refractivity contribution < 1.29 is 4.79 Å². The number of benzene rings is 2. The van der Waals surface area contributed by atoms with Crippen molar-refractivity contribution >= 4 is 16.8 Å². The number of piperazine rings is 1. The number of rotatable bonds is 3. The van der Waals surface area contributed by atoms with E-state index in [4.69, 9.17) is 0 Å². The van der Waals surface area contributed by atoms with Crippen molar-refractivity contribution in [3.05, 3.63) is 66.2 Å². The van der Waals surface area contributed by atoms with Gasteiger partial charge in [-0.2, -0.15) is 0 Å². The van der Waals surface area contributed by atoms with Crippen LogP contribution in [0.3, 0.4) is 0 Å². The summed E-state index contributed by atoms with van der Waals surface area (Å²) >= 11 is 0. The Morgan fingerprint density at radius 1 is 1.03 bits per heavy atom. The van der Waals surface area contributed by atoms with E-state index in [0.29, 0.717) is 0 Å². The van der Waals surface area contributed by atoms with Gasteiger partial charge >= 0.3 is 6.03 Å². The Morgan fingerprint density at radius 2 is 1.86 bits per heavy atom. The van der Waals surface area contributed by atoms with Crippen LogP contribution in [0.25, 0.3) is 10.8 Å². The van der Waals surface area contributed by atoms with E-state index in [9.17, 15) is 4.79 Å². The summed E-state index contributed by atoms with van der Waals surface area (Å²) in [6, 6.07) is 15.3. The first-order chi connectivity index (χ1) is 14.3. The Kier molecular flexibility index (Phi) is 4.94. The number of aromatic nitrogens is 2. The molecule has 2 amide bonds. The molecule has 1 atom stereocenters. The van der Waals surface area contributed by atoms with Crippen LogP contribution in [0.1, 0.15) is 17.8 Å². The molecule has 3 heterocycles. The van der Waals surface area contributed by atoms with Crippen LogP contribution in [-0.2, 0) is 19.5 Å². The quantitative estimate of drug-likeness (QED) is 0.749. The van der Waals surface area contributed by atoms with Gasteiger partial charge in [-0.15, -0.1) is 0 Å². The lowest BCUT2D eigenvalue weighted by atomic mass is 10.0. The Labute approximate surface area is 171 Å². The van der Waals surface area contributed by atoms with E-state index in [-0.39, 0.29) is 12.1 Å². The molecule has 1 fully saturated rings. The highest BCUT2D eigenvalue weighted by Crippen LogP contribution is 2.21. The Morgan fingerprint density at radius 3 is 2.76 bits per heavy atom. The highest BCUT2D eigenvalue weighted by atomic mass is 16.2. The number of carbonyl (C=O) groups excluding carboxylic acids is 1. The molecule has 150 valence electrons. The Hall–Kier alpha value is -2.86. The molecule has 1 saturated heterocycles. The number of carbonyl (C=O) groups is 1. The summed E-state index contributed by atoms with van der Waals surface area (Å²) in [5.41, 5.74) is 1.36. The minimum atomic E-state index is 0.0693. The van der Waals surface area contributed by atoms with Crippen molar-refractivity contribution in [1.29, 1.82) is 0 Å². The summed E-state index contributed by atoms with van der Waals surface area (Å²) in [6.07, 6.45) is 5.65. The number of amides is 2. The maximum Gasteiger partial charge on any atom is 0.317 e. The largest absolute Gasteiger partial charge is 0.335 e. The van der Waals surface area contributed by atoms with Crippen LogP contribution >= 0.6 is 0 Å². The minimum Gasteiger partial charge on any atom is -0.335 e. The van der Waals surface area contributed by atoms with E-state index in [1.165, 1.54) is 16.3 Å². The first-order valence-electron chi connectivity index (χ1n) is 10.5. The molecular weight excluding hydrogens is 362 g/mol. The summed E-state index contributed by atoms with van der Waals surface area (Å²) in [5, 5.41) is 5.84. The van der Waals surface area contributed by atoms with Crippen molar-refractivity contribution in [1.82, 2.24) is 24.7 Å². The fourth-order valence-electron chi connectivity index (χ4n) is 4.52. The molecule has 0 saturated carbocycles. The normalized spacial score (nSPS) is 19.9. The minimum absolute atomic E-state index is 0.0693. The molecular formula is C23H27N5O. The Balaban J connectivity index is 1.15. The van der Waals surface area contributed by atoms with Gasteiger partial charge in [0.05, 0.1) is 0 Å². The second-order valence-electron chi connectivity index (χ2n) is 8.08. The van der Waals surface area contributed by atoms with Crippen molar-refractivity contribution in [2.24, 2.45) is 0 Å². The number of aryl methyl sites for hydroxylation is 1. The van der Waals surface area contributed by atoms with Gasteiger partial charge in [0.1, 0.15) is 5.82 Å². The molecule has 2 aliphatic heterocycles. The molecule has 6 heteroatoms. The van der Waals surface area contributed by atoms with Crippen LogP contribution in [0.15, 0.2) is 54.9 Å². The molecule has 5 rings (SSSR count). The molecule has 1 unspecified atom stereocenters. The van der Waals surface area contributed by atoms with Gasteiger partial charge < -0.3 is 14.8 Å². The van der Waals surface area contributed by atoms with Gasteiger partial charge in [0, 0.05) is 64.1 Å². The third-order valence-electron chi connectivity index (χ3n) is 6.21. The lowest BCUT2D eigenvalue weighted by molar-refractivity contribution is 0.132. The summed E-state index contributed by atoms with van der Waals surface area (Å²) in [7, 11) is 0. The van der Waals surface area contributed by atoms with Gasteiger partial charge in [-0.05, 0) is 22.8 Å². The molecule has 0 radical (unpaired) electrons. The predicted octanol–water partition coefficient (Wildman–Crippen LogP) is 2.88. The number of hydrogen-bond acceptors (Lipinski definition) is 3. The topological polar surface area (TPSA) is 53.4 Å². The molecule has 3 aromatic rings. The van der Waals surface area contributed by atoms with Crippen LogP contribution in [0.4, 0.5) is 4.79 Å². The summed E-state index contributed by atoms with van der Waals surface area (Å²) in [5.74, 6) is 1.07. The highest BCUT2D eigenvalue weighted by Gasteiger charge is 2.25.